The molecule has 0 unspecified atom stereocenters. The molecule has 1 amide bonds. The number of benzene rings is 2. The molecule has 0 atom stereocenters. The number of piperazine rings is 1. The number of hydrogen-bond acceptors (Lipinski definition) is 5. The van der Waals surface area contributed by atoms with E-state index in [1.807, 2.05) is 6.92 Å². The van der Waals surface area contributed by atoms with Crippen LogP contribution in [0.25, 0.3) is 0 Å². The first-order valence-electron chi connectivity index (χ1n) is 9.36. The first-order valence-corrected chi connectivity index (χ1v) is 10.8. The Morgan fingerprint density at radius 2 is 1.90 bits per heavy atom. The molecule has 0 saturated carbocycles. The Morgan fingerprint density at radius 3 is 2.55 bits per heavy atom. The number of phenolic OH excluding ortho intramolecular Hbond substituents is 1. The second kappa shape index (κ2) is 9.17. The van der Waals surface area contributed by atoms with Crippen LogP contribution in [-0.2, 0) is 14.8 Å². The first-order chi connectivity index (χ1) is 13.8. The number of phenols is 1. The van der Waals surface area contributed by atoms with Gasteiger partial charge < -0.3 is 10.0 Å². The van der Waals surface area contributed by atoms with Crippen molar-refractivity contribution < 1.29 is 23.2 Å². The lowest BCUT2D eigenvalue weighted by molar-refractivity contribution is -0.895. The van der Waals surface area contributed by atoms with E-state index in [-0.39, 0.29) is 18.2 Å². The lowest BCUT2D eigenvalue weighted by Crippen LogP contribution is -3.15. The van der Waals surface area contributed by atoms with Gasteiger partial charge in [-0.25, -0.2) is 13.8 Å². The SMILES string of the molecule is Cc1ccc(S(=O)(=O)N2CC[NH+](CC(=O)NN=Cc3cccc(O)c3)CC2)cc1. The third kappa shape index (κ3) is 5.63. The Morgan fingerprint density at radius 1 is 1.21 bits per heavy atom. The Labute approximate surface area is 170 Å². The number of aryl methyl sites for hydroxylation is 1. The highest BCUT2D eigenvalue weighted by Gasteiger charge is 2.31. The molecule has 0 bridgehead atoms. The molecule has 29 heavy (non-hydrogen) atoms. The molecule has 1 saturated heterocycles. The maximum Gasteiger partial charge on any atom is 0.295 e. The van der Waals surface area contributed by atoms with E-state index in [1.165, 1.54) is 16.6 Å². The van der Waals surface area contributed by atoms with Crippen molar-refractivity contribution >= 4 is 22.1 Å². The molecule has 0 aliphatic carbocycles. The van der Waals surface area contributed by atoms with E-state index < -0.39 is 10.0 Å². The molecule has 0 radical (unpaired) electrons. The topological polar surface area (TPSA) is 104 Å². The van der Waals surface area contributed by atoms with Crippen molar-refractivity contribution in [3.05, 3.63) is 59.7 Å². The molecule has 2 aromatic carbocycles. The summed E-state index contributed by atoms with van der Waals surface area (Å²) in [4.78, 5) is 13.4. The normalized spacial score (nSPS) is 16.2. The van der Waals surface area contributed by atoms with Crippen LogP contribution in [0, 0.1) is 6.92 Å². The minimum atomic E-state index is -3.50. The number of amides is 1. The van der Waals surface area contributed by atoms with Crippen molar-refractivity contribution in [2.45, 2.75) is 11.8 Å². The Bertz CT molecular complexity index is 982. The first kappa shape index (κ1) is 21.0. The summed E-state index contributed by atoms with van der Waals surface area (Å²) >= 11 is 0. The van der Waals surface area contributed by atoms with Crippen molar-refractivity contribution in [3.8, 4) is 5.75 Å². The van der Waals surface area contributed by atoms with Gasteiger partial charge in [0.15, 0.2) is 6.54 Å². The maximum absolute atomic E-state index is 12.7. The van der Waals surface area contributed by atoms with Gasteiger partial charge in [-0.2, -0.15) is 9.41 Å². The highest BCUT2D eigenvalue weighted by atomic mass is 32.2. The van der Waals surface area contributed by atoms with E-state index in [0.717, 1.165) is 10.5 Å². The summed E-state index contributed by atoms with van der Waals surface area (Å²) in [6.45, 7) is 3.97. The number of hydrazone groups is 1. The monoisotopic (exact) mass is 417 g/mol. The van der Waals surface area contributed by atoms with E-state index in [9.17, 15) is 18.3 Å². The van der Waals surface area contributed by atoms with Gasteiger partial charge in [0.05, 0.1) is 37.3 Å². The fourth-order valence-electron chi connectivity index (χ4n) is 3.13. The average molecular weight is 418 g/mol. The fraction of sp³-hybridized carbons (Fsp3) is 0.300. The maximum atomic E-state index is 12.7. The molecule has 8 nitrogen and oxygen atoms in total. The van der Waals surface area contributed by atoms with Gasteiger partial charge in [-0.15, -0.1) is 0 Å². The molecule has 154 valence electrons. The molecular formula is C20H25N4O4S+. The number of carbonyl (C=O) groups excluding carboxylic acids is 1. The summed E-state index contributed by atoms with van der Waals surface area (Å²) in [5.74, 6) is -0.116. The second-order valence-electron chi connectivity index (χ2n) is 7.03. The predicted octanol–water partition coefficient (Wildman–Crippen LogP) is -0.260. The van der Waals surface area contributed by atoms with Crippen LogP contribution in [0.4, 0.5) is 0 Å². The number of nitrogens with one attached hydrogen (secondary N) is 2. The smallest absolute Gasteiger partial charge is 0.295 e. The number of nitrogens with zero attached hydrogens (tertiary/aromatic N) is 2. The summed E-state index contributed by atoms with van der Waals surface area (Å²) in [7, 11) is -3.50. The Kier molecular flexibility index (Phi) is 6.63. The van der Waals surface area contributed by atoms with Gasteiger partial charge >= 0.3 is 0 Å². The molecule has 9 heteroatoms. The highest BCUT2D eigenvalue weighted by molar-refractivity contribution is 7.89. The molecule has 0 aromatic heterocycles. The largest absolute Gasteiger partial charge is 0.508 e. The number of hydrogen-bond donors (Lipinski definition) is 3. The zero-order valence-corrected chi connectivity index (χ0v) is 17.0. The van der Waals surface area contributed by atoms with E-state index in [1.54, 1.807) is 42.5 Å². The lowest BCUT2D eigenvalue weighted by Gasteiger charge is -2.31. The van der Waals surface area contributed by atoms with Crippen LogP contribution >= 0.6 is 0 Å². The third-order valence-electron chi connectivity index (χ3n) is 4.77. The van der Waals surface area contributed by atoms with Gasteiger partial charge in [0.25, 0.3) is 5.91 Å². The van der Waals surface area contributed by atoms with Crippen molar-refractivity contribution in [1.29, 1.82) is 0 Å². The number of aromatic hydroxyl groups is 1. The average Bonchev–Trinajstić information content (AvgIpc) is 2.69. The summed E-state index contributed by atoms with van der Waals surface area (Å²) in [5, 5.41) is 13.3. The fourth-order valence-corrected chi connectivity index (χ4v) is 4.57. The zero-order valence-electron chi connectivity index (χ0n) is 16.2. The summed E-state index contributed by atoms with van der Waals surface area (Å²) in [5.41, 5.74) is 4.15. The zero-order chi connectivity index (χ0) is 20.9. The van der Waals surface area contributed by atoms with E-state index in [0.29, 0.717) is 36.6 Å². The van der Waals surface area contributed by atoms with Gasteiger partial charge in [-0.05, 0) is 36.8 Å². The molecule has 1 aliphatic heterocycles. The van der Waals surface area contributed by atoms with Gasteiger partial charge in [-0.1, -0.05) is 29.8 Å². The summed E-state index contributed by atoms with van der Waals surface area (Å²) < 4.78 is 26.9. The molecule has 1 fully saturated rings. The number of rotatable bonds is 6. The number of sulfonamides is 1. The quantitative estimate of drug-likeness (QED) is 0.445. The van der Waals surface area contributed by atoms with Crippen LogP contribution in [0.2, 0.25) is 0 Å². The standard InChI is InChI=1S/C20H24N4O4S/c1-16-5-7-19(8-6-16)29(27,28)24-11-9-23(10-12-24)15-20(26)22-21-14-17-3-2-4-18(25)13-17/h2-8,13-14,25H,9-12,15H2,1H3,(H,22,26)/p+1. The predicted molar refractivity (Wildman–Crippen MR) is 109 cm³/mol. The Balaban J connectivity index is 1.48. The molecule has 1 heterocycles. The molecule has 3 rings (SSSR count). The Hall–Kier alpha value is -2.75. The van der Waals surface area contributed by atoms with Crippen molar-refractivity contribution in [2.75, 3.05) is 32.7 Å². The van der Waals surface area contributed by atoms with E-state index in [2.05, 4.69) is 10.5 Å². The van der Waals surface area contributed by atoms with Gasteiger partial charge in [0.1, 0.15) is 5.75 Å². The number of carbonyl (C=O) groups is 1. The molecule has 3 N–H and O–H groups in total. The van der Waals surface area contributed by atoms with Crippen molar-refractivity contribution in [2.24, 2.45) is 5.10 Å². The van der Waals surface area contributed by atoms with Gasteiger partial charge in [-0.3, -0.25) is 4.79 Å². The van der Waals surface area contributed by atoms with Crippen LogP contribution in [0.3, 0.4) is 0 Å². The van der Waals surface area contributed by atoms with Crippen LogP contribution < -0.4 is 10.3 Å². The molecule has 1 aliphatic rings. The van der Waals surface area contributed by atoms with Crippen molar-refractivity contribution in [1.82, 2.24) is 9.73 Å². The summed E-state index contributed by atoms with van der Waals surface area (Å²) in [6, 6.07) is 13.4. The van der Waals surface area contributed by atoms with Crippen LogP contribution in [-0.4, -0.2) is 62.7 Å². The minimum absolute atomic E-state index is 0.128. The van der Waals surface area contributed by atoms with Crippen LogP contribution in [0.5, 0.6) is 5.75 Å². The molecule has 0 spiro atoms. The van der Waals surface area contributed by atoms with Crippen LogP contribution in [0.1, 0.15) is 11.1 Å². The lowest BCUT2D eigenvalue weighted by atomic mass is 10.2. The van der Waals surface area contributed by atoms with E-state index >= 15 is 0 Å². The minimum Gasteiger partial charge on any atom is -0.508 e. The van der Waals surface area contributed by atoms with Crippen molar-refractivity contribution in [3.63, 3.8) is 0 Å². The highest BCUT2D eigenvalue weighted by Crippen LogP contribution is 2.16. The van der Waals surface area contributed by atoms with E-state index in [4.69, 9.17) is 0 Å². The summed E-state index contributed by atoms with van der Waals surface area (Å²) in [6.07, 6.45) is 1.46. The molecular weight excluding hydrogens is 392 g/mol. The number of quaternary nitrogens is 1. The van der Waals surface area contributed by atoms with Crippen LogP contribution in [0.15, 0.2) is 58.5 Å². The van der Waals surface area contributed by atoms with Gasteiger partial charge in [0.2, 0.25) is 10.0 Å². The second-order valence-corrected chi connectivity index (χ2v) is 8.97. The molecule has 2 aromatic rings. The third-order valence-corrected chi connectivity index (χ3v) is 6.68. The van der Waals surface area contributed by atoms with Gasteiger partial charge in [0, 0.05) is 0 Å².